The molecule has 18 heavy (non-hydrogen) atoms. The Balaban J connectivity index is 2.32. The molecule has 0 spiro atoms. The highest BCUT2D eigenvalue weighted by Crippen LogP contribution is 2.18. The average Bonchev–Trinajstić information content (AvgIpc) is 2.28. The molecular formula is C12H15F3N2O. The van der Waals surface area contributed by atoms with Crippen LogP contribution in [0.5, 0.6) is 0 Å². The standard InChI is InChI=1S/C12H15F3N2O/c13-12(14,15)6-7-17-11(18)8-10(16)9-4-2-1-3-5-9/h1-5,10H,6-8,16H2,(H,17,18). The molecule has 1 unspecified atom stereocenters. The van der Waals surface area contributed by atoms with Crippen LogP contribution in [0.25, 0.3) is 0 Å². The van der Waals surface area contributed by atoms with E-state index in [-0.39, 0.29) is 6.42 Å². The van der Waals surface area contributed by atoms with Crippen LogP contribution >= 0.6 is 0 Å². The normalized spacial score (nSPS) is 13.1. The number of amides is 1. The van der Waals surface area contributed by atoms with Gasteiger partial charge in [0.05, 0.1) is 6.42 Å². The first-order valence-electron chi connectivity index (χ1n) is 5.52. The molecule has 3 nitrogen and oxygen atoms in total. The lowest BCUT2D eigenvalue weighted by Gasteiger charge is -2.12. The maximum atomic E-state index is 11.9. The minimum absolute atomic E-state index is 0.0259. The van der Waals surface area contributed by atoms with Crippen LogP contribution in [0, 0.1) is 0 Å². The van der Waals surface area contributed by atoms with Crippen LogP contribution in [0.1, 0.15) is 24.4 Å². The Morgan fingerprint density at radius 2 is 1.89 bits per heavy atom. The van der Waals surface area contributed by atoms with Crippen molar-refractivity contribution < 1.29 is 18.0 Å². The molecule has 0 fully saturated rings. The van der Waals surface area contributed by atoms with Crippen molar-refractivity contribution in [2.75, 3.05) is 6.54 Å². The summed E-state index contributed by atoms with van der Waals surface area (Å²) >= 11 is 0. The molecule has 0 heterocycles. The van der Waals surface area contributed by atoms with Gasteiger partial charge in [0.1, 0.15) is 0 Å². The molecule has 6 heteroatoms. The third-order valence-corrected chi connectivity index (χ3v) is 2.36. The molecule has 1 amide bonds. The van der Waals surface area contributed by atoms with E-state index in [2.05, 4.69) is 5.32 Å². The number of carbonyl (C=O) groups is 1. The van der Waals surface area contributed by atoms with Crippen LogP contribution in [-0.4, -0.2) is 18.6 Å². The predicted octanol–water partition coefficient (Wildman–Crippen LogP) is 2.15. The van der Waals surface area contributed by atoms with Crippen molar-refractivity contribution >= 4 is 5.91 Å². The van der Waals surface area contributed by atoms with E-state index >= 15 is 0 Å². The zero-order chi connectivity index (χ0) is 13.6. The van der Waals surface area contributed by atoms with Gasteiger partial charge in [-0.1, -0.05) is 30.3 Å². The zero-order valence-corrected chi connectivity index (χ0v) is 9.70. The molecule has 100 valence electrons. The number of rotatable bonds is 5. The average molecular weight is 260 g/mol. The summed E-state index contributed by atoms with van der Waals surface area (Å²) in [5.74, 6) is -0.476. The van der Waals surface area contributed by atoms with Crippen molar-refractivity contribution in [1.29, 1.82) is 0 Å². The van der Waals surface area contributed by atoms with Crippen molar-refractivity contribution in [2.45, 2.75) is 25.1 Å². The molecule has 1 atom stereocenters. The molecule has 3 N–H and O–H groups in total. The van der Waals surface area contributed by atoms with Gasteiger partial charge < -0.3 is 11.1 Å². The van der Waals surface area contributed by atoms with Crippen molar-refractivity contribution in [3.8, 4) is 0 Å². The van der Waals surface area contributed by atoms with Crippen LogP contribution in [-0.2, 0) is 4.79 Å². The van der Waals surface area contributed by atoms with Gasteiger partial charge in [0.2, 0.25) is 5.91 Å². The fourth-order valence-electron chi connectivity index (χ4n) is 1.43. The molecule has 0 aliphatic carbocycles. The van der Waals surface area contributed by atoms with Crippen molar-refractivity contribution in [3.05, 3.63) is 35.9 Å². The lowest BCUT2D eigenvalue weighted by molar-refractivity contribution is -0.135. The molecule has 0 aliphatic rings. The first kappa shape index (κ1) is 14.5. The molecule has 1 rings (SSSR count). The van der Waals surface area contributed by atoms with Gasteiger partial charge in [0.25, 0.3) is 0 Å². The highest BCUT2D eigenvalue weighted by atomic mass is 19.4. The zero-order valence-electron chi connectivity index (χ0n) is 9.70. The number of hydrogen-bond acceptors (Lipinski definition) is 2. The van der Waals surface area contributed by atoms with Gasteiger partial charge in [-0.05, 0) is 5.56 Å². The molecule has 1 aromatic carbocycles. The third-order valence-electron chi connectivity index (χ3n) is 2.36. The Morgan fingerprint density at radius 1 is 1.28 bits per heavy atom. The lowest BCUT2D eigenvalue weighted by atomic mass is 10.0. The smallest absolute Gasteiger partial charge is 0.356 e. The number of halogens is 3. The molecule has 0 aliphatic heterocycles. The second-order valence-corrected chi connectivity index (χ2v) is 3.94. The molecule has 1 aromatic rings. The Bertz CT molecular complexity index is 379. The summed E-state index contributed by atoms with van der Waals surface area (Å²) in [6.07, 6.45) is -5.31. The molecule has 0 aromatic heterocycles. The second kappa shape index (κ2) is 6.39. The summed E-state index contributed by atoms with van der Waals surface area (Å²) in [5, 5.41) is 2.20. The number of hydrogen-bond donors (Lipinski definition) is 2. The van der Waals surface area contributed by atoms with Crippen molar-refractivity contribution in [3.63, 3.8) is 0 Å². The number of nitrogens with two attached hydrogens (primary N) is 1. The highest BCUT2D eigenvalue weighted by molar-refractivity contribution is 5.76. The fraction of sp³-hybridized carbons (Fsp3) is 0.417. The molecule has 0 bridgehead atoms. The van der Waals surface area contributed by atoms with E-state index in [0.29, 0.717) is 0 Å². The second-order valence-electron chi connectivity index (χ2n) is 3.94. The van der Waals surface area contributed by atoms with E-state index in [1.165, 1.54) is 0 Å². The maximum Gasteiger partial charge on any atom is 0.390 e. The fourth-order valence-corrected chi connectivity index (χ4v) is 1.43. The molecular weight excluding hydrogens is 245 g/mol. The third kappa shape index (κ3) is 5.67. The summed E-state index contributed by atoms with van der Waals surface area (Å²) in [7, 11) is 0. The number of benzene rings is 1. The van der Waals surface area contributed by atoms with Crippen LogP contribution in [0.3, 0.4) is 0 Å². The van der Waals surface area contributed by atoms with Gasteiger partial charge in [-0.15, -0.1) is 0 Å². The molecule has 0 saturated carbocycles. The summed E-state index contributed by atoms with van der Waals surface area (Å²) in [4.78, 5) is 11.4. The topological polar surface area (TPSA) is 55.1 Å². The minimum atomic E-state index is -4.26. The highest BCUT2D eigenvalue weighted by Gasteiger charge is 2.26. The van der Waals surface area contributed by atoms with Crippen LogP contribution in [0.2, 0.25) is 0 Å². The van der Waals surface area contributed by atoms with Gasteiger partial charge in [-0.25, -0.2) is 0 Å². The summed E-state index contributed by atoms with van der Waals surface area (Å²) in [6, 6.07) is 8.44. The Kier molecular flexibility index (Phi) is 5.15. The predicted molar refractivity (Wildman–Crippen MR) is 61.7 cm³/mol. The Hall–Kier alpha value is -1.56. The van der Waals surface area contributed by atoms with Crippen molar-refractivity contribution in [2.24, 2.45) is 5.73 Å². The lowest BCUT2D eigenvalue weighted by Crippen LogP contribution is -2.30. The first-order valence-corrected chi connectivity index (χ1v) is 5.52. The summed E-state index contributed by atoms with van der Waals surface area (Å²) < 4.78 is 35.6. The minimum Gasteiger partial charge on any atom is -0.356 e. The summed E-state index contributed by atoms with van der Waals surface area (Å²) in [5.41, 5.74) is 6.55. The van der Waals surface area contributed by atoms with E-state index in [9.17, 15) is 18.0 Å². The number of carbonyl (C=O) groups excluding carboxylic acids is 1. The van der Waals surface area contributed by atoms with E-state index < -0.39 is 31.1 Å². The molecule has 0 saturated heterocycles. The van der Waals surface area contributed by atoms with E-state index in [4.69, 9.17) is 5.73 Å². The van der Waals surface area contributed by atoms with Gasteiger partial charge >= 0.3 is 6.18 Å². The molecule has 0 radical (unpaired) electrons. The van der Waals surface area contributed by atoms with E-state index in [1.807, 2.05) is 6.07 Å². The largest absolute Gasteiger partial charge is 0.390 e. The van der Waals surface area contributed by atoms with Gasteiger partial charge in [-0.2, -0.15) is 13.2 Å². The first-order chi connectivity index (χ1) is 8.38. The van der Waals surface area contributed by atoms with Crippen LogP contribution in [0.4, 0.5) is 13.2 Å². The summed E-state index contributed by atoms with van der Waals surface area (Å²) in [6.45, 7) is -0.413. The monoisotopic (exact) mass is 260 g/mol. The van der Waals surface area contributed by atoms with Crippen LogP contribution in [0.15, 0.2) is 30.3 Å². The Morgan fingerprint density at radius 3 is 2.44 bits per heavy atom. The van der Waals surface area contributed by atoms with Gasteiger partial charge in [0, 0.05) is 19.0 Å². The van der Waals surface area contributed by atoms with Gasteiger partial charge in [0.15, 0.2) is 0 Å². The van der Waals surface area contributed by atoms with Crippen LogP contribution < -0.4 is 11.1 Å². The SMILES string of the molecule is NC(CC(=O)NCCC(F)(F)F)c1ccccc1. The quantitative estimate of drug-likeness (QED) is 0.852. The van der Waals surface area contributed by atoms with E-state index in [0.717, 1.165) is 5.56 Å². The maximum absolute atomic E-state index is 11.9. The number of alkyl halides is 3. The van der Waals surface area contributed by atoms with Crippen molar-refractivity contribution in [1.82, 2.24) is 5.32 Å². The Labute approximate surface area is 103 Å². The van der Waals surface area contributed by atoms with E-state index in [1.54, 1.807) is 24.3 Å². The van der Waals surface area contributed by atoms with Gasteiger partial charge in [-0.3, -0.25) is 4.79 Å². The number of nitrogens with one attached hydrogen (secondary N) is 1.